The van der Waals surface area contributed by atoms with Crippen LogP contribution < -0.4 is 10.0 Å². The van der Waals surface area contributed by atoms with Crippen LogP contribution in [0.2, 0.25) is 0 Å². The van der Waals surface area contributed by atoms with Crippen molar-refractivity contribution in [2.45, 2.75) is 18.2 Å². The quantitative estimate of drug-likeness (QED) is 0.690. The molecule has 2 rings (SSSR count). The van der Waals surface area contributed by atoms with Gasteiger partial charge >= 0.3 is 0 Å². The van der Waals surface area contributed by atoms with Gasteiger partial charge in [-0.25, -0.2) is 8.42 Å². The number of anilines is 1. The summed E-state index contributed by atoms with van der Waals surface area (Å²) in [5.74, 6) is 2.23. The topological polar surface area (TPSA) is 104 Å². The summed E-state index contributed by atoms with van der Waals surface area (Å²) < 4.78 is 26.0. The predicted molar refractivity (Wildman–Crippen MR) is 86.4 cm³/mol. The second-order valence-electron chi connectivity index (χ2n) is 4.64. The standard InChI is InChI=1S/C15H16N4O3S/c1-3-9-16-23(21,22)13-7-5-11(6-8-13)15(20)17-14-10-12(4-2)18-19-14/h1,5-8,10,16H,4,9H2,2H3,(H2,17,18,19,20). The van der Waals surface area contributed by atoms with E-state index >= 15 is 0 Å². The summed E-state index contributed by atoms with van der Waals surface area (Å²) in [6.07, 6.45) is 5.80. The molecule has 0 atom stereocenters. The van der Waals surface area contributed by atoms with Crippen molar-refractivity contribution in [3.05, 3.63) is 41.6 Å². The van der Waals surface area contributed by atoms with Gasteiger partial charge in [-0.2, -0.15) is 9.82 Å². The molecule has 0 unspecified atom stereocenters. The van der Waals surface area contributed by atoms with Gasteiger partial charge < -0.3 is 5.32 Å². The van der Waals surface area contributed by atoms with E-state index in [2.05, 4.69) is 26.2 Å². The SMILES string of the molecule is C#CCNS(=O)(=O)c1ccc(C(=O)Nc2cc(CC)[nH]n2)cc1. The number of hydrogen-bond acceptors (Lipinski definition) is 4. The molecule has 0 fully saturated rings. The lowest BCUT2D eigenvalue weighted by Gasteiger charge is -2.05. The molecule has 23 heavy (non-hydrogen) atoms. The van der Waals surface area contributed by atoms with Crippen LogP contribution in [-0.2, 0) is 16.4 Å². The number of carbonyl (C=O) groups excluding carboxylic acids is 1. The highest BCUT2D eigenvalue weighted by Gasteiger charge is 2.14. The maximum absolute atomic E-state index is 12.1. The number of amides is 1. The second-order valence-corrected chi connectivity index (χ2v) is 6.41. The monoisotopic (exact) mass is 332 g/mol. The average molecular weight is 332 g/mol. The molecule has 0 radical (unpaired) electrons. The number of H-pyrrole nitrogens is 1. The average Bonchev–Trinajstić information content (AvgIpc) is 3.00. The zero-order valence-electron chi connectivity index (χ0n) is 12.5. The Balaban J connectivity index is 2.10. The van der Waals surface area contributed by atoms with Crippen molar-refractivity contribution < 1.29 is 13.2 Å². The van der Waals surface area contributed by atoms with E-state index in [1.165, 1.54) is 24.3 Å². The Morgan fingerprint density at radius 2 is 2.04 bits per heavy atom. The van der Waals surface area contributed by atoms with E-state index in [4.69, 9.17) is 6.42 Å². The molecule has 3 N–H and O–H groups in total. The number of nitrogens with zero attached hydrogens (tertiary/aromatic N) is 1. The largest absolute Gasteiger partial charge is 0.305 e. The Kier molecular flexibility index (Phi) is 5.16. The molecule has 0 saturated carbocycles. The fraction of sp³-hybridized carbons (Fsp3) is 0.200. The number of aromatic amines is 1. The molecule has 7 nitrogen and oxygen atoms in total. The van der Waals surface area contributed by atoms with Gasteiger partial charge in [0.15, 0.2) is 5.82 Å². The van der Waals surface area contributed by atoms with Crippen LogP contribution in [0.25, 0.3) is 0 Å². The fourth-order valence-electron chi connectivity index (χ4n) is 1.80. The predicted octanol–water partition coefficient (Wildman–Crippen LogP) is 1.14. The second kappa shape index (κ2) is 7.09. The van der Waals surface area contributed by atoms with Crippen molar-refractivity contribution in [3.8, 4) is 12.3 Å². The number of rotatable bonds is 6. The highest BCUT2D eigenvalue weighted by Crippen LogP contribution is 2.12. The Labute approximate surface area is 134 Å². The molecule has 0 spiro atoms. The fourth-order valence-corrected chi connectivity index (χ4v) is 2.74. The Morgan fingerprint density at radius 1 is 1.35 bits per heavy atom. The first-order chi connectivity index (χ1) is 11.0. The number of aryl methyl sites for hydroxylation is 1. The molecule has 0 aliphatic rings. The lowest BCUT2D eigenvalue weighted by atomic mass is 10.2. The number of aromatic nitrogens is 2. The molecule has 0 aliphatic carbocycles. The maximum atomic E-state index is 12.1. The zero-order chi connectivity index (χ0) is 16.9. The maximum Gasteiger partial charge on any atom is 0.256 e. The number of sulfonamides is 1. The lowest BCUT2D eigenvalue weighted by Crippen LogP contribution is -2.24. The molecule has 0 bridgehead atoms. The first-order valence-corrected chi connectivity index (χ1v) is 8.33. The number of carbonyl (C=O) groups is 1. The van der Waals surface area contributed by atoms with Gasteiger partial charge in [0.1, 0.15) is 0 Å². The minimum atomic E-state index is -3.67. The molecule has 8 heteroatoms. The van der Waals surface area contributed by atoms with Gasteiger partial charge in [-0.05, 0) is 30.7 Å². The minimum absolute atomic E-state index is 0.0392. The molecule has 2 aromatic rings. The highest BCUT2D eigenvalue weighted by molar-refractivity contribution is 7.89. The van der Waals surface area contributed by atoms with Crippen LogP contribution in [0.15, 0.2) is 35.2 Å². The van der Waals surface area contributed by atoms with Crippen LogP contribution in [0, 0.1) is 12.3 Å². The van der Waals surface area contributed by atoms with Crippen LogP contribution in [-0.4, -0.2) is 31.1 Å². The Hall–Kier alpha value is -2.63. The third-order valence-electron chi connectivity index (χ3n) is 3.04. The van der Waals surface area contributed by atoms with Crippen LogP contribution >= 0.6 is 0 Å². The van der Waals surface area contributed by atoms with Gasteiger partial charge in [-0.1, -0.05) is 12.8 Å². The van der Waals surface area contributed by atoms with Gasteiger partial charge in [0.25, 0.3) is 5.91 Å². The van der Waals surface area contributed by atoms with Crippen LogP contribution in [0.5, 0.6) is 0 Å². The van der Waals surface area contributed by atoms with Crippen LogP contribution in [0.3, 0.4) is 0 Å². The number of benzene rings is 1. The van der Waals surface area contributed by atoms with Crippen molar-refractivity contribution in [1.82, 2.24) is 14.9 Å². The van der Waals surface area contributed by atoms with Crippen molar-refractivity contribution >= 4 is 21.7 Å². The third-order valence-corrected chi connectivity index (χ3v) is 4.46. The summed E-state index contributed by atoms with van der Waals surface area (Å²) in [4.78, 5) is 12.1. The molecule has 0 saturated heterocycles. The summed E-state index contributed by atoms with van der Waals surface area (Å²) >= 11 is 0. The van der Waals surface area contributed by atoms with Gasteiger partial charge in [-0.15, -0.1) is 6.42 Å². The van der Waals surface area contributed by atoms with Crippen LogP contribution in [0.1, 0.15) is 23.0 Å². The Morgan fingerprint density at radius 3 is 2.61 bits per heavy atom. The van der Waals surface area contributed by atoms with Gasteiger partial charge in [-0.3, -0.25) is 9.89 Å². The summed E-state index contributed by atoms with van der Waals surface area (Å²) in [5.41, 5.74) is 1.23. The Bertz CT molecular complexity index is 832. The van der Waals surface area contributed by atoms with Crippen molar-refractivity contribution in [3.63, 3.8) is 0 Å². The van der Waals surface area contributed by atoms with E-state index in [9.17, 15) is 13.2 Å². The molecule has 1 aromatic heterocycles. The highest BCUT2D eigenvalue weighted by atomic mass is 32.2. The molecule has 120 valence electrons. The zero-order valence-corrected chi connectivity index (χ0v) is 13.3. The van der Waals surface area contributed by atoms with Gasteiger partial charge in [0.2, 0.25) is 10.0 Å². The number of hydrogen-bond donors (Lipinski definition) is 3. The summed E-state index contributed by atoms with van der Waals surface area (Å²) in [6.45, 7) is 1.87. The number of terminal acetylenes is 1. The van der Waals surface area contributed by atoms with Crippen molar-refractivity contribution in [1.29, 1.82) is 0 Å². The van der Waals surface area contributed by atoms with E-state index < -0.39 is 10.0 Å². The van der Waals surface area contributed by atoms with E-state index in [0.717, 1.165) is 12.1 Å². The first kappa shape index (κ1) is 16.7. The van der Waals surface area contributed by atoms with E-state index in [-0.39, 0.29) is 17.3 Å². The summed E-state index contributed by atoms with van der Waals surface area (Å²) in [5, 5.41) is 9.39. The first-order valence-electron chi connectivity index (χ1n) is 6.85. The molecular weight excluding hydrogens is 316 g/mol. The van der Waals surface area contributed by atoms with Crippen molar-refractivity contribution in [2.75, 3.05) is 11.9 Å². The van der Waals surface area contributed by atoms with E-state index in [1.807, 2.05) is 6.92 Å². The third kappa shape index (κ3) is 4.18. The molecule has 1 aromatic carbocycles. The number of nitrogens with one attached hydrogen (secondary N) is 3. The minimum Gasteiger partial charge on any atom is -0.305 e. The molecular formula is C15H16N4O3S. The summed E-state index contributed by atoms with van der Waals surface area (Å²) in [7, 11) is -3.67. The summed E-state index contributed by atoms with van der Waals surface area (Å²) in [6, 6.07) is 7.27. The van der Waals surface area contributed by atoms with Gasteiger partial charge in [0, 0.05) is 17.3 Å². The van der Waals surface area contributed by atoms with Crippen LogP contribution in [0.4, 0.5) is 5.82 Å². The van der Waals surface area contributed by atoms with Gasteiger partial charge in [0.05, 0.1) is 11.4 Å². The van der Waals surface area contributed by atoms with Crippen molar-refractivity contribution in [2.24, 2.45) is 0 Å². The normalized spacial score (nSPS) is 11.0. The van der Waals surface area contributed by atoms with E-state index in [0.29, 0.717) is 11.4 Å². The van der Waals surface area contributed by atoms with E-state index in [1.54, 1.807) is 6.07 Å². The molecule has 1 heterocycles. The lowest BCUT2D eigenvalue weighted by molar-refractivity contribution is 0.102. The molecule has 0 aliphatic heterocycles. The smallest absolute Gasteiger partial charge is 0.256 e. The molecule has 1 amide bonds.